The first kappa shape index (κ1) is 21.8. The minimum absolute atomic E-state index is 0.0820. The monoisotopic (exact) mass is 444 g/mol. The lowest BCUT2D eigenvalue weighted by atomic mass is 10.00. The summed E-state index contributed by atoms with van der Waals surface area (Å²) < 4.78 is 76.4. The maximum atomic E-state index is 12.8. The Hall–Kier alpha value is -2.95. The molecule has 0 unspecified atom stereocenters. The van der Waals surface area contributed by atoms with Gasteiger partial charge in [0.05, 0.1) is 24.8 Å². The molecule has 7 nitrogen and oxygen atoms in total. The molecular formula is C19H19F3N2O5S. The third-order valence-electron chi connectivity index (χ3n) is 4.67. The summed E-state index contributed by atoms with van der Waals surface area (Å²) >= 11 is 0. The number of ether oxygens (including phenoxy) is 2. The van der Waals surface area contributed by atoms with Crippen LogP contribution >= 0.6 is 0 Å². The molecule has 1 amide bonds. The highest BCUT2D eigenvalue weighted by Crippen LogP contribution is 2.31. The van der Waals surface area contributed by atoms with E-state index in [4.69, 9.17) is 9.47 Å². The number of fused-ring (bicyclic) bond motifs is 1. The SMILES string of the molecule is COc1ccc(NS(=O)(=O)c2ccc3c(c2)CN(C(=O)C(F)(F)F)CC3)cc1OC. The fraction of sp³-hybridized carbons (Fsp3) is 0.316. The number of nitrogens with zero attached hydrogens (tertiary/aromatic N) is 1. The largest absolute Gasteiger partial charge is 0.493 e. The van der Waals surface area contributed by atoms with Crippen LogP contribution in [0.1, 0.15) is 11.1 Å². The molecule has 2 aromatic rings. The number of methoxy groups -OCH3 is 2. The average molecular weight is 444 g/mol. The van der Waals surface area contributed by atoms with E-state index in [0.29, 0.717) is 27.5 Å². The second kappa shape index (κ2) is 8.05. The lowest BCUT2D eigenvalue weighted by Gasteiger charge is -2.29. The molecule has 0 aliphatic carbocycles. The molecule has 1 N–H and O–H groups in total. The van der Waals surface area contributed by atoms with Gasteiger partial charge in [0.1, 0.15) is 0 Å². The first-order valence-electron chi connectivity index (χ1n) is 8.78. The van der Waals surface area contributed by atoms with Crippen LogP contribution in [0, 0.1) is 0 Å². The minimum atomic E-state index is -4.98. The van der Waals surface area contributed by atoms with Crippen LogP contribution in [0.4, 0.5) is 18.9 Å². The fourth-order valence-corrected chi connectivity index (χ4v) is 4.27. The van der Waals surface area contributed by atoms with Crippen molar-refractivity contribution in [1.82, 2.24) is 4.90 Å². The molecule has 162 valence electrons. The summed E-state index contributed by atoms with van der Waals surface area (Å²) in [4.78, 5) is 12.1. The van der Waals surface area contributed by atoms with E-state index in [0.717, 1.165) is 0 Å². The Morgan fingerprint density at radius 3 is 2.37 bits per heavy atom. The van der Waals surface area contributed by atoms with Gasteiger partial charge in [-0.05, 0) is 41.8 Å². The van der Waals surface area contributed by atoms with Crippen LogP contribution < -0.4 is 14.2 Å². The smallest absolute Gasteiger partial charge is 0.471 e. The van der Waals surface area contributed by atoms with Gasteiger partial charge in [0.15, 0.2) is 11.5 Å². The van der Waals surface area contributed by atoms with E-state index in [9.17, 15) is 26.4 Å². The first-order chi connectivity index (χ1) is 14.0. The van der Waals surface area contributed by atoms with Gasteiger partial charge in [-0.3, -0.25) is 9.52 Å². The summed E-state index contributed by atoms with van der Waals surface area (Å²) in [5.74, 6) is -1.20. The standard InChI is InChI=1S/C19H19F3N2O5S/c1-28-16-6-4-14(10-17(16)29-2)23-30(26,27)15-5-3-12-7-8-24(11-13(12)9-15)18(25)19(20,21)22/h3-6,9-10,23H,7-8,11H2,1-2H3. The second-order valence-corrected chi connectivity index (χ2v) is 8.26. The summed E-state index contributed by atoms with van der Waals surface area (Å²) in [5.41, 5.74) is 1.28. The van der Waals surface area contributed by atoms with Gasteiger partial charge in [0, 0.05) is 19.2 Å². The summed E-state index contributed by atoms with van der Waals surface area (Å²) in [5, 5.41) is 0. The Morgan fingerprint density at radius 1 is 1.03 bits per heavy atom. The Kier molecular flexibility index (Phi) is 5.84. The predicted molar refractivity (Wildman–Crippen MR) is 102 cm³/mol. The van der Waals surface area contributed by atoms with Gasteiger partial charge >= 0.3 is 12.1 Å². The Balaban J connectivity index is 1.86. The molecule has 1 aliphatic heterocycles. The molecule has 0 atom stereocenters. The highest BCUT2D eigenvalue weighted by atomic mass is 32.2. The zero-order chi connectivity index (χ0) is 22.1. The number of carbonyl (C=O) groups is 1. The van der Waals surface area contributed by atoms with Crippen molar-refractivity contribution in [2.24, 2.45) is 0 Å². The number of alkyl halides is 3. The number of hydrogen-bond donors (Lipinski definition) is 1. The number of halogens is 3. The Bertz CT molecular complexity index is 1070. The van der Waals surface area contributed by atoms with Crippen molar-refractivity contribution in [3.05, 3.63) is 47.5 Å². The number of rotatable bonds is 5. The van der Waals surface area contributed by atoms with E-state index in [1.54, 1.807) is 6.07 Å². The number of benzene rings is 2. The van der Waals surface area contributed by atoms with Gasteiger partial charge in [0.2, 0.25) is 0 Å². The van der Waals surface area contributed by atoms with Gasteiger partial charge in [-0.25, -0.2) is 8.42 Å². The summed E-state index contributed by atoms with van der Waals surface area (Å²) in [6.07, 6.45) is -4.77. The molecule has 30 heavy (non-hydrogen) atoms. The van der Waals surface area contributed by atoms with Gasteiger partial charge in [0.25, 0.3) is 10.0 Å². The number of carbonyl (C=O) groups excluding carboxylic acids is 1. The van der Waals surface area contributed by atoms with E-state index in [2.05, 4.69) is 4.72 Å². The van der Waals surface area contributed by atoms with E-state index >= 15 is 0 Å². The molecule has 11 heteroatoms. The summed E-state index contributed by atoms with van der Waals surface area (Å²) in [6.45, 7) is -0.394. The van der Waals surface area contributed by atoms with Crippen molar-refractivity contribution in [1.29, 1.82) is 0 Å². The van der Waals surface area contributed by atoms with Gasteiger partial charge < -0.3 is 14.4 Å². The molecule has 0 spiro atoms. The van der Waals surface area contributed by atoms with E-state index < -0.39 is 22.1 Å². The quantitative estimate of drug-likeness (QED) is 0.767. The zero-order valence-electron chi connectivity index (χ0n) is 16.1. The van der Waals surface area contributed by atoms with Crippen LogP contribution in [0.15, 0.2) is 41.3 Å². The third-order valence-corrected chi connectivity index (χ3v) is 6.04. The van der Waals surface area contributed by atoms with Crippen LogP contribution in [0.3, 0.4) is 0 Å². The minimum Gasteiger partial charge on any atom is -0.493 e. The number of amides is 1. The topological polar surface area (TPSA) is 84.9 Å². The van der Waals surface area contributed by atoms with Crippen molar-refractivity contribution in [2.45, 2.75) is 24.0 Å². The van der Waals surface area contributed by atoms with Crippen LogP contribution in [-0.4, -0.2) is 46.2 Å². The molecule has 3 rings (SSSR count). The first-order valence-corrected chi connectivity index (χ1v) is 10.3. The lowest BCUT2D eigenvalue weighted by Crippen LogP contribution is -2.43. The number of anilines is 1. The fourth-order valence-electron chi connectivity index (χ4n) is 3.17. The molecule has 2 aromatic carbocycles. The molecular weight excluding hydrogens is 425 g/mol. The molecule has 0 aromatic heterocycles. The molecule has 0 fully saturated rings. The lowest BCUT2D eigenvalue weighted by molar-refractivity contribution is -0.186. The molecule has 0 bridgehead atoms. The average Bonchev–Trinajstić information content (AvgIpc) is 2.71. The Labute approximate surface area is 171 Å². The number of hydrogen-bond acceptors (Lipinski definition) is 5. The summed E-state index contributed by atoms with van der Waals surface area (Å²) in [6, 6.07) is 8.68. The van der Waals surface area contributed by atoms with Crippen molar-refractivity contribution in [3.8, 4) is 11.5 Å². The van der Waals surface area contributed by atoms with Gasteiger partial charge in [-0.2, -0.15) is 13.2 Å². The summed E-state index contributed by atoms with van der Waals surface area (Å²) in [7, 11) is -1.17. The molecule has 0 radical (unpaired) electrons. The second-order valence-electron chi connectivity index (χ2n) is 6.58. The van der Waals surface area contributed by atoms with Crippen molar-refractivity contribution in [2.75, 3.05) is 25.5 Å². The van der Waals surface area contributed by atoms with Crippen LogP contribution in [0.2, 0.25) is 0 Å². The molecule has 1 aliphatic rings. The van der Waals surface area contributed by atoms with Crippen LogP contribution in [0.25, 0.3) is 0 Å². The third kappa shape index (κ3) is 4.45. The normalized spacial score (nSPS) is 14.1. The number of nitrogens with one attached hydrogen (secondary N) is 1. The van der Waals surface area contributed by atoms with Gasteiger partial charge in [-0.15, -0.1) is 0 Å². The van der Waals surface area contributed by atoms with Crippen molar-refractivity contribution < 1.29 is 35.9 Å². The van der Waals surface area contributed by atoms with E-state index in [-0.39, 0.29) is 30.1 Å². The maximum absolute atomic E-state index is 12.8. The van der Waals surface area contributed by atoms with E-state index in [1.165, 1.54) is 44.6 Å². The van der Waals surface area contributed by atoms with Crippen LogP contribution in [0.5, 0.6) is 11.5 Å². The molecule has 0 saturated heterocycles. The maximum Gasteiger partial charge on any atom is 0.471 e. The number of sulfonamides is 1. The Morgan fingerprint density at radius 2 is 1.73 bits per heavy atom. The highest BCUT2D eigenvalue weighted by molar-refractivity contribution is 7.92. The predicted octanol–water partition coefficient (Wildman–Crippen LogP) is 2.95. The van der Waals surface area contributed by atoms with Gasteiger partial charge in [-0.1, -0.05) is 6.07 Å². The van der Waals surface area contributed by atoms with Crippen LogP contribution in [-0.2, 0) is 27.8 Å². The van der Waals surface area contributed by atoms with E-state index in [1.807, 2.05) is 0 Å². The van der Waals surface area contributed by atoms with Crippen molar-refractivity contribution >= 4 is 21.6 Å². The highest BCUT2D eigenvalue weighted by Gasteiger charge is 2.43. The zero-order valence-corrected chi connectivity index (χ0v) is 16.9. The van der Waals surface area contributed by atoms with Crippen molar-refractivity contribution in [3.63, 3.8) is 0 Å². The molecule has 0 saturated carbocycles. The molecule has 1 heterocycles.